The van der Waals surface area contributed by atoms with Gasteiger partial charge in [0.25, 0.3) is 0 Å². The number of halogens is 1. The Morgan fingerprint density at radius 1 is 1.04 bits per heavy atom. The molecule has 142 valence electrons. The van der Waals surface area contributed by atoms with Gasteiger partial charge in [0.1, 0.15) is 0 Å². The second-order valence-electron chi connectivity index (χ2n) is 8.38. The molecule has 0 N–H and O–H groups in total. The smallest absolute Gasteiger partial charge is 0.163 e. The highest BCUT2D eigenvalue weighted by Crippen LogP contribution is 2.45. The molecule has 1 aliphatic heterocycles. The van der Waals surface area contributed by atoms with Crippen molar-refractivity contribution in [2.45, 2.75) is 43.9 Å². The number of piperidine rings is 1. The van der Waals surface area contributed by atoms with E-state index in [2.05, 4.69) is 17.0 Å². The van der Waals surface area contributed by atoms with Crippen molar-refractivity contribution in [3.8, 4) is 0 Å². The van der Waals surface area contributed by atoms with E-state index < -0.39 is 0 Å². The first-order valence-corrected chi connectivity index (χ1v) is 10.6. The molecule has 2 aromatic rings. The molecule has 27 heavy (non-hydrogen) atoms. The van der Waals surface area contributed by atoms with Crippen LogP contribution in [-0.2, 0) is 5.41 Å². The number of Topliss-reactive ketones (excluding diaryl/α,β-unsaturated/α-hetero) is 1. The molecule has 0 radical (unpaired) electrons. The lowest BCUT2D eigenvalue weighted by Gasteiger charge is -2.47. The fourth-order valence-electron chi connectivity index (χ4n) is 4.84. The highest BCUT2D eigenvalue weighted by atomic mass is 35.5. The largest absolute Gasteiger partial charge is 0.302 e. The zero-order chi connectivity index (χ0) is 18.7. The number of hydrogen-bond acceptors (Lipinski definition) is 2. The molecule has 0 spiro atoms. The lowest BCUT2D eigenvalue weighted by atomic mass is 9.64. The van der Waals surface area contributed by atoms with Crippen molar-refractivity contribution >= 4 is 17.4 Å². The van der Waals surface area contributed by atoms with Crippen LogP contribution in [0, 0.1) is 5.92 Å². The van der Waals surface area contributed by atoms with Gasteiger partial charge in [-0.05, 0) is 55.8 Å². The maximum Gasteiger partial charge on any atom is 0.163 e. The van der Waals surface area contributed by atoms with Gasteiger partial charge in [-0.3, -0.25) is 4.79 Å². The molecule has 0 aromatic heterocycles. The standard InChI is InChI=1S/C24H28ClNO/c25-22-11-9-21(10-12-22)24(13-5-14-24)18-26-15-4-6-19(17-26)16-23(27)20-7-2-1-3-8-20/h1-3,7-12,19H,4-6,13-18H2/t19-/m1/s1. The van der Waals surface area contributed by atoms with Gasteiger partial charge in [-0.15, -0.1) is 0 Å². The first kappa shape index (κ1) is 18.7. The first-order chi connectivity index (χ1) is 13.1. The van der Waals surface area contributed by atoms with Gasteiger partial charge in [0.05, 0.1) is 0 Å². The maximum absolute atomic E-state index is 12.6. The maximum atomic E-state index is 12.6. The van der Waals surface area contributed by atoms with Crippen LogP contribution in [-0.4, -0.2) is 30.3 Å². The lowest BCUT2D eigenvalue weighted by Crippen LogP contribution is -2.48. The predicted octanol–water partition coefficient (Wildman–Crippen LogP) is 5.75. The molecule has 0 unspecified atom stereocenters. The van der Waals surface area contributed by atoms with Gasteiger partial charge in [0.2, 0.25) is 0 Å². The van der Waals surface area contributed by atoms with Gasteiger partial charge >= 0.3 is 0 Å². The summed E-state index contributed by atoms with van der Waals surface area (Å²) < 4.78 is 0. The molecule has 1 atom stereocenters. The third kappa shape index (κ3) is 4.28. The van der Waals surface area contributed by atoms with Crippen molar-refractivity contribution in [2.75, 3.05) is 19.6 Å². The van der Waals surface area contributed by atoms with Gasteiger partial charge in [-0.1, -0.05) is 60.5 Å². The molecule has 2 aliphatic rings. The summed E-state index contributed by atoms with van der Waals surface area (Å²) in [6.07, 6.45) is 6.88. The van der Waals surface area contributed by atoms with Crippen LogP contribution in [0.1, 0.15) is 54.4 Å². The molecule has 1 saturated carbocycles. The fourth-order valence-corrected chi connectivity index (χ4v) is 4.96. The number of nitrogens with zero attached hydrogens (tertiary/aromatic N) is 1. The zero-order valence-electron chi connectivity index (χ0n) is 15.9. The summed E-state index contributed by atoms with van der Waals surface area (Å²) in [5, 5.41) is 0.811. The van der Waals surface area contributed by atoms with E-state index in [1.807, 2.05) is 42.5 Å². The molecule has 2 fully saturated rings. The van der Waals surface area contributed by atoms with Crippen molar-refractivity contribution in [1.82, 2.24) is 4.90 Å². The van der Waals surface area contributed by atoms with Crippen LogP contribution in [0.4, 0.5) is 0 Å². The number of hydrogen-bond donors (Lipinski definition) is 0. The van der Waals surface area contributed by atoms with Crippen molar-refractivity contribution < 1.29 is 4.79 Å². The van der Waals surface area contributed by atoms with Crippen LogP contribution >= 0.6 is 11.6 Å². The molecule has 3 heteroatoms. The van der Waals surface area contributed by atoms with Gasteiger partial charge in [0.15, 0.2) is 5.78 Å². The number of rotatable bonds is 6. The van der Waals surface area contributed by atoms with Crippen LogP contribution < -0.4 is 0 Å². The minimum atomic E-state index is 0.288. The second-order valence-corrected chi connectivity index (χ2v) is 8.81. The number of carbonyl (C=O) groups excluding carboxylic acids is 1. The highest BCUT2D eigenvalue weighted by Gasteiger charge is 2.40. The normalized spacial score (nSPS) is 22.2. The van der Waals surface area contributed by atoms with Gasteiger partial charge in [0, 0.05) is 35.5 Å². The van der Waals surface area contributed by atoms with Crippen molar-refractivity contribution in [1.29, 1.82) is 0 Å². The number of ketones is 1. The van der Waals surface area contributed by atoms with Crippen molar-refractivity contribution in [3.63, 3.8) is 0 Å². The molecule has 1 aliphatic carbocycles. The molecule has 0 amide bonds. The minimum absolute atomic E-state index is 0.288. The molecule has 1 heterocycles. The van der Waals surface area contributed by atoms with Gasteiger partial charge < -0.3 is 4.90 Å². The van der Waals surface area contributed by atoms with Crippen molar-refractivity contribution in [2.24, 2.45) is 5.92 Å². The summed E-state index contributed by atoms with van der Waals surface area (Å²) in [5.41, 5.74) is 2.57. The quantitative estimate of drug-likeness (QED) is 0.594. The molecular weight excluding hydrogens is 354 g/mol. The minimum Gasteiger partial charge on any atom is -0.302 e. The average molecular weight is 382 g/mol. The topological polar surface area (TPSA) is 20.3 Å². The van der Waals surface area contributed by atoms with E-state index in [4.69, 9.17) is 11.6 Å². The van der Waals surface area contributed by atoms with E-state index in [0.717, 1.165) is 30.2 Å². The summed E-state index contributed by atoms with van der Waals surface area (Å²) in [6.45, 7) is 3.32. The lowest BCUT2D eigenvalue weighted by molar-refractivity contribution is 0.0822. The molecule has 2 nitrogen and oxygen atoms in total. The van der Waals surface area contributed by atoms with Gasteiger partial charge in [-0.25, -0.2) is 0 Å². The summed E-state index contributed by atoms with van der Waals surface area (Å²) in [5.74, 6) is 0.771. The Morgan fingerprint density at radius 3 is 2.44 bits per heavy atom. The number of benzene rings is 2. The number of likely N-dealkylation sites (tertiary alicyclic amines) is 1. The van der Waals surface area contributed by atoms with Gasteiger partial charge in [-0.2, -0.15) is 0 Å². The molecule has 4 rings (SSSR count). The number of carbonyl (C=O) groups is 1. The second kappa shape index (κ2) is 8.16. The Balaban J connectivity index is 1.39. The average Bonchev–Trinajstić information content (AvgIpc) is 2.66. The summed E-state index contributed by atoms with van der Waals surface area (Å²) in [4.78, 5) is 15.2. The van der Waals surface area contributed by atoms with Crippen LogP contribution in [0.5, 0.6) is 0 Å². The Bertz CT molecular complexity index is 767. The zero-order valence-corrected chi connectivity index (χ0v) is 16.6. The van der Waals surface area contributed by atoms with E-state index in [9.17, 15) is 4.79 Å². The molecule has 2 aromatic carbocycles. The van der Waals surface area contributed by atoms with E-state index in [0.29, 0.717) is 18.1 Å². The Hall–Kier alpha value is -1.64. The summed E-state index contributed by atoms with van der Waals surface area (Å²) >= 11 is 6.09. The predicted molar refractivity (Wildman–Crippen MR) is 112 cm³/mol. The highest BCUT2D eigenvalue weighted by molar-refractivity contribution is 6.30. The SMILES string of the molecule is O=C(C[C@H]1CCCN(CC2(c3ccc(Cl)cc3)CCC2)C1)c1ccccc1. The van der Waals surface area contributed by atoms with E-state index >= 15 is 0 Å². The summed E-state index contributed by atoms with van der Waals surface area (Å²) in [6, 6.07) is 18.2. The van der Waals surface area contributed by atoms with Crippen molar-refractivity contribution in [3.05, 3.63) is 70.7 Å². The summed E-state index contributed by atoms with van der Waals surface area (Å²) in [7, 11) is 0. The van der Waals surface area contributed by atoms with Crippen LogP contribution in [0.15, 0.2) is 54.6 Å². The molecule has 1 saturated heterocycles. The Labute approximate surface area is 167 Å². The first-order valence-electron chi connectivity index (χ1n) is 10.2. The molecule has 0 bridgehead atoms. The van der Waals surface area contributed by atoms with Crippen LogP contribution in [0.3, 0.4) is 0 Å². The van der Waals surface area contributed by atoms with Crippen LogP contribution in [0.2, 0.25) is 5.02 Å². The Kier molecular flexibility index (Phi) is 5.66. The van der Waals surface area contributed by atoms with E-state index in [-0.39, 0.29) is 5.41 Å². The Morgan fingerprint density at radius 2 is 1.78 bits per heavy atom. The van der Waals surface area contributed by atoms with E-state index in [1.165, 1.54) is 37.7 Å². The third-order valence-corrected chi connectivity index (χ3v) is 6.72. The monoisotopic (exact) mass is 381 g/mol. The fraction of sp³-hybridized carbons (Fsp3) is 0.458. The van der Waals surface area contributed by atoms with E-state index in [1.54, 1.807) is 0 Å². The van der Waals surface area contributed by atoms with Crippen LogP contribution in [0.25, 0.3) is 0 Å². The third-order valence-electron chi connectivity index (χ3n) is 6.47. The molecular formula is C24H28ClNO.